The van der Waals surface area contributed by atoms with Gasteiger partial charge in [-0.05, 0) is 43.5 Å². The maximum absolute atomic E-state index is 12.0. The first-order chi connectivity index (χ1) is 11.1. The van der Waals surface area contributed by atoms with E-state index in [1.54, 1.807) is 0 Å². The lowest BCUT2D eigenvalue weighted by Gasteiger charge is -2.06. The highest BCUT2D eigenvalue weighted by atomic mass is 16.1. The van der Waals surface area contributed by atoms with Crippen LogP contribution >= 0.6 is 0 Å². The number of carbonyl (C=O) groups excluding carboxylic acids is 1. The summed E-state index contributed by atoms with van der Waals surface area (Å²) in [5.41, 5.74) is 5.94. The molecule has 1 aromatic heterocycles. The molecule has 23 heavy (non-hydrogen) atoms. The number of carbonyl (C=O) groups is 1. The van der Waals surface area contributed by atoms with Crippen LogP contribution in [0.2, 0.25) is 0 Å². The van der Waals surface area contributed by atoms with Crippen molar-refractivity contribution in [3.05, 3.63) is 70.9 Å². The third kappa shape index (κ3) is 3.62. The van der Waals surface area contributed by atoms with Crippen LogP contribution in [0.5, 0.6) is 0 Å². The van der Waals surface area contributed by atoms with Gasteiger partial charge < -0.3 is 10.3 Å². The smallest absolute Gasteiger partial charge is 0.224 e. The van der Waals surface area contributed by atoms with E-state index in [1.165, 1.54) is 27.7 Å². The highest BCUT2D eigenvalue weighted by Gasteiger charge is 2.09. The third-order valence-electron chi connectivity index (χ3n) is 4.18. The Morgan fingerprint density at radius 1 is 1.09 bits per heavy atom. The van der Waals surface area contributed by atoms with E-state index in [4.69, 9.17) is 0 Å². The van der Waals surface area contributed by atoms with E-state index in [9.17, 15) is 4.79 Å². The maximum Gasteiger partial charge on any atom is 0.224 e. The largest absolute Gasteiger partial charge is 0.358 e. The molecule has 2 aromatic carbocycles. The average molecular weight is 306 g/mol. The summed E-state index contributed by atoms with van der Waals surface area (Å²) in [4.78, 5) is 15.4. The molecule has 3 nitrogen and oxygen atoms in total. The van der Waals surface area contributed by atoms with Gasteiger partial charge in [0.1, 0.15) is 0 Å². The van der Waals surface area contributed by atoms with Gasteiger partial charge in [-0.3, -0.25) is 4.79 Å². The standard InChI is InChI=1S/C20H22N2O/c1-14-8-9-19-18(12-14)17(15(2)22-19)10-11-21-20(23)13-16-6-4-3-5-7-16/h3-9,12,22H,10-11,13H2,1-2H3,(H,21,23). The molecule has 0 unspecified atom stereocenters. The van der Waals surface area contributed by atoms with Gasteiger partial charge in [0.05, 0.1) is 6.42 Å². The van der Waals surface area contributed by atoms with Crippen molar-refractivity contribution in [1.29, 1.82) is 0 Å². The summed E-state index contributed by atoms with van der Waals surface area (Å²) >= 11 is 0. The maximum atomic E-state index is 12.0. The second kappa shape index (κ2) is 6.69. The van der Waals surface area contributed by atoms with E-state index in [2.05, 4.69) is 42.3 Å². The molecule has 3 rings (SSSR count). The van der Waals surface area contributed by atoms with Crippen molar-refractivity contribution < 1.29 is 4.79 Å². The second-order valence-electron chi connectivity index (χ2n) is 6.04. The minimum Gasteiger partial charge on any atom is -0.358 e. The van der Waals surface area contributed by atoms with Gasteiger partial charge in [-0.1, -0.05) is 42.0 Å². The van der Waals surface area contributed by atoms with Crippen LogP contribution in [0.4, 0.5) is 0 Å². The summed E-state index contributed by atoms with van der Waals surface area (Å²) in [6, 6.07) is 16.3. The number of H-pyrrole nitrogens is 1. The molecule has 2 N–H and O–H groups in total. The molecule has 0 saturated heterocycles. The molecule has 0 saturated carbocycles. The van der Waals surface area contributed by atoms with Gasteiger partial charge in [0, 0.05) is 23.1 Å². The van der Waals surface area contributed by atoms with Gasteiger partial charge >= 0.3 is 0 Å². The molecule has 0 bridgehead atoms. The van der Waals surface area contributed by atoms with Crippen molar-refractivity contribution in [3.8, 4) is 0 Å². The summed E-state index contributed by atoms with van der Waals surface area (Å²) in [5, 5.41) is 4.29. The Balaban J connectivity index is 1.61. The topological polar surface area (TPSA) is 44.9 Å². The Morgan fingerprint density at radius 3 is 2.65 bits per heavy atom. The summed E-state index contributed by atoms with van der Waals surface area (Å²) in [6.45, 7) is 4.86. The summed E-state index contributed by atoms with van der Waals surface area (Å²) in [5.74, 6) is 0.0740. The summed E-state index contributed by atoms with van der Waals surface area (Å²) in [7, 11) is 0. The zero-order valence-electron chi connectivity index (χ0n) is 13.6. The molecule has 0 spiro atoms. The predicted molar refractivity (Wildman–Crippen MR) is 94.6 cm³/mol. The van der Waals surface area contributed by atoms with E-state index in [0.29, 0.717) is 13.0 Å². The fourth-order valence-electron chi connectivity index (χ4n) is 2.99. The Morgan fingerprint density at radius 2 is 1.87 bits per heavy atom. The first kappa shape index (κ1) is 15.3. The predicted octanol–water partition coefficient (Wildman–Crippen LogP) is 3.69. The van der Waals surface area contributed by atoms with Gasteiger partial charge in [-0.15, -0.1) is 0 Å². The molecule has 0 radical (unpaired) electrons. The molecule has 0 atom stereocenters. The average Bonchev–Trinajstić information content (AvgIpc) is 2.84. The van der Waals surface area contributed by atoms with E-state index in [-0.39, 0.29) is 5.91 Å². The van der Waals surface area contributed by atoms with Crippen molar-refractivity contribution in [2.75, 3.05) is 6.54 Å². The monoisotopic (exact) mass is 306 g/mol. The molecule has 0 fully saturated rings. The van der Waals surface area contributed by atoms with Gasteiger partial charge in [0.25, 0.3) is 0 Å². The zero-order chi connectivity index (χ0) is 16.2. The van der Waals surface area contributed by atoms with Crippen molar-refractivity contribution in [2.45, 2.75) is 26.7 Å². The molecule has 3 aromatic rings. The molecule has 1 heterocycles. The van der Waals surface area contributed by atoms with E-state index >= 15 is 0 Å². The van der Waals surface area contributed by atoms with E-state index in [1.807, 2.05) is 30.3 Å². The first-order valence-corrected chi connectivity index (χ1v) is 8.02. The quantitative estimate of drug-likeness (QED) is 0.742. The number of aromatic nitrogens is 1. The number of hydrogen-bond acceptors (Lipinski definition) is 1. The fraction of sp³-hybridized carbons (Fsp3) is 0.250. The lowest BCUT2D eigenvalue weighted by Crippen LogP contribution is -2.27. The van der Waals surface area contributed by atoms with E-state index in [0.717, 1.165) is 12.0 Å². The van der Waals surface area contributed by atoms with Crippen LogP contribution in [-0.4, -0.2) is 17.4 Å². The summed E-state index contributed by atoms with van der Waals surface area (Å²) in [6.07, 6.45) is 1.28. The number of amides is 1. The van der Waals surface area contributed by atoms with Crippen LogP contribution in [-0.2, 0) is 17.6 Å². The molecule has 0 aliphatic heterocycles. The molecular formula is C20H22N2O. The minimum absolute atomic E-state index is 0.0740. The number of hydrogen-bond donors (Lipinski definition) is 2. The summed E-state index contributed by atoms with van der Waals surface area (Å²) < 4.78 is 0. The SMILES string of the molecule is Cc1ccc2[nH]c(C)c(CCNC(=O)Cc3ccccc3)c2c1. The normalized spacial score (nSPS) is 10.9. The van der Waals surface area contributed by atoms with Gasteiger partial charge in [0.15, 0.2) is 0 Å². The Hall–Kier alpha value is -2.55. The van der Waals surface area contributed by atoms with Gasteiger partial charge in [-0.25, -0.2) is 0 Å². The highest BCUT2D eigenvalue weighted by molar-refractivity contribution is 5.85. The van der Waals surface area contributed by atoms with Crippen molar-refractivity contribution >= 4 is 16.8 Å². The third-order valence-corrected chi connectivity index (χ3v) is 4.18. The number of aromatic amines is 1. The second-order valence-corrected chi connectivity index (χ2v) is 6.04. The molecule has 0 aliphatic rings. The van der Waals surface area contributed by atoms with Crippen LogP contribution in [0, 0.1) is 13.8 Å². The van der Waals surface area contributed by atoms with Crippen LogP contribution in [0.15, 0.2) is 48.5 Å². The van der Waals surface area contributed by atoms with Crippen LogP contribution in [0.25, 0.3) is 10.9 Å². The number of fused-ring (bicyclic) bond motifs is 1. The van der Waals surface area contributed by atoms with Crippen molar-refractivity contribution in [1.82, 2.24) is 10.3 Å². The molecule has 0 aliphatic carbocycles. The number of rotatable bonds is 5. The lowest BCUT2D eigenvalue weighted by molar-refractivity contribution is -0.120. The van der Waals surface area contributed by atoms with Gasteiger partial charge in [0.2, 0.25) is 5.91 Å². The highest BCUT2D eigenvalue weighted by Crippen LogP contribution is 2.23. The van der Waals surface area contributed by atoms with Crippen LogP contribution < -0.4 is 5.32 Å². The zero-order valence-corrected chi connectivity index (χ0v) is 13.6. The van der Waals surface area contributed by atoms with Crippen molar-refractivity contribution in [2.24, 2.45) is 0 Å². The number of benzene rings is 2. The molecular weight excluding hydrogens is 284 g/mol. The number of nitrogens with one attached hydrogen (secondary N) is 2. The Bertz CT molecular complexity index is 818. The minimum atomic E-state index is 0.0740. The first-order valence-electron chi connectivity index (χ1n) is 8.02. The molecule has 1 amide bonds. The Labute approximate surface area is 136 Å². The fourth-order valence-corrected chi connectivity index (χ4v) is 2.99. The Kier molecular flexibility index (Phi) is 4.47. The van der Waals surface area contributed by atoms with E-state index < -0.39 is 0 Å². The van der Waals surface area contributed by atoms with Crippen LogP contribution in [0.1, 0.15) is 22.4 Å². The molecule has 3 heteroatoms. The lowest BCUT2D eigenvalue weighted by atomic mass is 10.1. The van der Waals surface area contributed by atoms with Gasteiger partial charge in [-0.2, -0.15) is 0 Å². The van der Waals surface area contributed by atoms with Crippen molar-refractivity contribution in [3.63, 3.8) is 0 Å². The van der Waals surface area contributed by atoms with Crippen LogP contribution in [0.3, 0.4) is 0 Å². The number of aryl methyl sites for hydroxylation is 2. The molecule has 118 valence electrons.